The summed E-state index contributed by atoms with van der Waals surface area (Å²) in [5.74, 6) is -0.0494. The van der Waals surface area contributed by atoms with Crippen molar-refractivity contribution >= 4 is 23.6 Å². The van der Waals surface area contributed by atoms with Gasteiger partial charge in [-0.1, -0.05) is 75.8 Å². The third-order valence-corrected chi connectivity index (χ3v) is 8.37. The molecule has 222 valence electrons. The van der Waals surface area contributed by atoms with E-state index in [9.17, 15) is 14.7 Å². The van der Waals surface area contributed by atoms with Crippen LogP contribution in [0.4, 0.5) is 0 Å². The van der Waals surface area contributed by atoms with Crippen LogP contribution in [0, 0.1) is 12.8 Å². The molecule has 2 atom stereocenters. The van der Waals surface area contributed by atoms with Crippen molar-refractivity contribution in [2.45, 2.75) is 90.4 Å². The number of aliphatic carboxylic acids is 1. The number of ether oxygens (including phenoxy) is 2. The first kappa shape index (κ1) is 35.4. The predicted octanol–water partition coefficient (Wildman–Crippen LogP) is 4.39. The maximum Gasteiger partial charge on any atom is 1.00 e. The fourth-order valence-electron chi connectivity index (χ4n) is 5.36. The third kappa shape index (κ3) is 11.8. The van der Waals surface area contributed by atoms with Crippen molar-refractivity contribution in [3.63, 3.8) is 0 Å². The van der Waals surface area contributed by atoms with Gasteiger partial charge in [0.25, 0.3) is 5.91 Å². The summed E-state index contributed by atoms with van der Waals surface area (Å²) in [5, 5.41) is 12.4. The monoisotopic (exact) mass is 577 g/mol. The van der Waals surface area contributed by atoms with Crippen molar-refractivity contribution in [2.24, 2.45) is 5.92 Å². The Bertz CT molecular complexity index is 1080. The first-order valence-electron chi connectivity index (χ1n) is 14.8. The summed E-state index contributed by atoms with van der Waals surface area (Å²) < 4.78 is 12.4. The normalized spacial score (nSPS) is 15.1. The van der Waals surface area contributed by atoms with Gasteiger partial charge in [0.15, 0.2) is 0 Å². The molecule has 1 saturated carbocycles. The number of hydrogen-bond acceptors (Lipinski definition) is 5. The number of nitrogens with one attached hydrogen (secondary N) is 1. The molecule has 2 aromatic carbocycles. The second-order valence-electron chi connectivity index (χ2n) is 10.9. The molecule has 1 amide bonds. The Balaban J connectivity index is 0.00000441. The van der Waals surface area contributed by atoms with Gasteiger partial charge in [-0.25, -0.2) is 4.79 Å². The van der Waals surface area contributed by atoms with Crippen molar-refractivity contribution in [1.82, 2.24) is 5.32 Å². The Hall–Kier alpha value is -1.75. The molecule has 1 aliphatic rings. The number of aryl methyl sites for hydroxylation is 1. The molecule has 0 radical (unpaired) electrons. The van der Waals surface area contributed by atoms with Crippen LogP contribution in [-0.4, -0.2) is 54.4 Å². The van der Waals surface area contributed by atoms with E-state index in [1.165, 1.54) is 32.1 Å². The molecule has 1 aliphatic carbocycles. The van der Waals surface area contributed by atoms with Gasteiger partial charge in [0, 0.05) is 12.2 Å². The number of carbonyl (C=O) groups is 2. The van der Waals surface area contributed by atoms with Crippen LogP contribution in [0.1, 0.15) is 87.6 Å². The van der Waals surface area contributed by atoms with E-state index in [-0.39, 0.29) is 32.3 Å². The van der Waals surface area contributed by atoms with Crippen LogP contribution >= 0.6 is 11.8 Å². The second kappa shape index (κ2) is 19.4. The average Bonchev–Trinajstić information content (AvgIpc) is 2.96. The van der Waals surface area contributed by atoms with Gasteiger partial charge in [-0.3, -0.25) is 4.79 Å². The Labute approximate surface area is 264 Å². The summed E-state index contributed by atoms with van der Waals surface area (Å²) in [5.41, 5.74) is 4.23. The smallest absolute Gasteiger partial charge is 1.00 e. The van der Waals surface area contributed by atoms with Gasteiger partial charge in [-0.2, -0.15) is 11.8 Å². The molecule has 0 aliphatic heterocycles. The summed E-state index contributed by atoms with van der Waals surface area (Å²) in [4.78, 5) is 25.2. The van der Waals surface area contributed by atoms with Gasteiger partial charge in [-0.05, 0) is 78.5 Å². The molecular weight excluding hydrogens is 529 g/mol. The Morgan fingerprint density at radius 2 is 1.88 bits per heavy atom. The molecule has 0 bridgehead atoms. The van der Waals surface area contributed by atoms with Gasteiger partial charge in [-0.15, -0.1) is 0 Å². The Morgan fingerprint density at radius 1 is 1.12 bits per heavy atom. The summed E-state index contributed by atoms with van der Waals surface area (Å²) in [6, 6.07) is 12.8. The van der Waals surface area contributed by atoms with Gasteiger partial charge in [0.05, 0.1) is 19.3 Å². The molecule has 2 N–H and O–H groups in total. The van der Waals surface area contributed by atoms with E-state index in [1.807, 2.05) is 49.6 Å². The van der Waals surface area contributed by atoms with Crippen LogP contribution in [0.15, 0.2) is 42.5 Å². The minimum absolute atomic E-state index is 0. The van der Waals surface area contributed by atoms with Crippen molar-refractivity contribution in [3.8, 4) is 11.1 Å². The van der Waals surface area contributed by atoms with Gasteiger partial charge in [0.1, 0.15) is 6.04 Å². The van der Waals surface area contributed by atoms with Crippen LogP contribution in [0.2, 0.25) is 0 Å². The second-order valence-corrected chi connectivity index (χ2v) is 11.9. The molecule has 3 rings (SSSR count). The number of unbranched alkanes of at least 4 members (excludes halogenated alkanes) is 1. The van der Waals surface area contributed by atoms with E-state index in [4.69, 9.17) is 9.47 Å². The van der Waals surface area contributed by atoms with Crippen molar-refractivity contribution in [2.75, 3.05) is 25.2 Å². The maximum atomic E-state index is 13.4. The first-order valence-corrected chi connectivity index (χ1v) is 16.2. The van der Waals surface area contributed by atoms with E-state index in [0.717, 1.165) is 48.1 Å². The summed E-state index contributed by atoms with van der Waals surface area (Å²) in [6.07, 6.45) is 12.0. The number of carbonyl (C=O) groups excluding carboxylic acids is 1. The molecule has 6 nitrogen and oxygen atoms in total. The summed E-state index contributed by atoms with van der Waals surface area (Å²) in [7, 11) is 0. The molecule has 2 aromatic rings. The number of benzene rings is 2. The first-order chi connectivity index (χ1) is 19.4. The van der Waals surface area contributed by atoms with Crippen molar-refractivity contribution in [3.05, 3.63) is 59.2 Å². The van der Waals surface area contributed by atoms with Crippen LogP contribution in [-0.2, 0) is 20.9 Å². The molecule has 0 aromatic heterocycles. The molecule has 1 fully saturated rings. The zero-order chi connectivity index (χ0) is 28.7. The molecule has 0 heterocycles. The minimum Gasteiger partial charge on any atom is -1.00 e. The van der Waals surface area contributed by atoms with Crippen molar-refractivity contribution in [1.29, 1.82) is 0 Å². The van der Waals surface area contributed by atoms with Crippen LogP contribution < -0.4 is 24.2 Å². The predicted molar refractivity (Wildman–Crippen MR) is 165 cm³/mol. The van der Waals surface area contributed by atoms with Gasteiger partial charge >= 0.3 is 24.8 Å². The van der Waals surface area contributed by atoms with E-state index in [1.54, 1.807) is 17.8 Å². The summed E-state index contributed by atoms with van der Waals surface area (Å²) >= 11 is 1.56. The topological polar surface area (TPSA) is 84.9 Å². The molecule has 8 heteroatoms. The van der Waals surface area contributed by atoms with Crippen LogP contribution in [0.5, 0.6) is 0 Å². The van der Waals surface area contributed by atoms with E-state index in [2.05, 4.69) is 12.2 Å². The van der Waals surface area contributed by atoms with E-state index < -0.39 is 12.0 Å². The zero-order valence-electron chi connectivity index (χ0n) is 26.5. The number of carboxylic acids is 1. The van der Waals surface area contributed by atoms with Crippen LogP contribution in [0.3, 0.4) is 0 Å². The fraction of sp³-hybridized carbons (Fsp3) is 0.576. The van der Waals surface area contributed by atoms with Crippen LogP contribution in [0.25, 0.3) is 11.1 Å². The quantitative estimate of drug-likeness (QED) is 0.214. The average molecular weight is 578 g/mol. The number of thioether (sulfide) groups is 1. The van der Waals surface area contributed by atoms with E-state index in [0.29, 0.717) is 36.9 Å². The Morgan fingerprint density at radius 3 is 2.56 bits per heavy atom. The molecule has 41 heavy (non-hydrogen) atoms. The standard InChI is InChI=1S/C33H47NO5S.Li.H/c1-4-5-18-38-23-27(20-25-12-7-6-8-13-25)39-22-26-15-16-29(30(21-26)28-14-10-9-11-24(28)2)32(35)34-31(33(36)37)17-19-40-3;;/h9-11,14-16,21,25,27,31H,4-8,12-13,17-20,22-23H2,1-3H3,(H,34,35)(H,36,37);;/q;+1;-1/t27?,31-;;/m0../s1. The maximum absolute atomic E-state index is 13.4. The Kier molecular flexibility index (Phi) is 16.8. The molecule has 0 spiro atoms. The zero-order valence-corrected chi connectivity index (χ0v) is 26.3. The van der Waals surface area contributed by atoms with Gasteiger partial charge in [0.2, 0.25) is 0 Å². The number of hydrogen-bond donors (Lipinski definition) is 2. The minimum atomic E-state index is -1.02. The number of carboxylic acid groups (broad SMARTS) is 1. The summed E-state index contributed by atoms with van der Waals surface area (Å²) in [6.45, 7) is 5.99. The number of amides is 1. The fourth-order valence-corrected chi connectivity index (χ4v) is 5.83. The number of rotatable bonds is 17. The molecule has 0 saturated heterocycles. The van der Waals surface area contributed by atoms with E-state index >= 15 is 0 Å². The molecular formula is C33H48LiNO5S. The third-order valence-electron chi connectivity index (χ3n) is 7.73. The van der Waals surface area contributed by atoms with Gasteiger partial charge < -0.3 is 21.3 Å². The largest absolute Gasteiger partial charge is 1.00 e. The van der Waals surface area contributed by atoms with Crippen molar-refractivity contribution < 1.29 is 44.5 Å². The SMILES string of the molecule is CCCCOCC(CC1CCCCC1)OCc1ccc(C(=O)N[C@@H](CCSC)C(=O)O)c(-c2ccccc2C)c1.[H-].[Li+]. The molecule has 1 unspecified atom stereocenters.